The van der Waals surface area contributed by atoms with Gasteiger partial charge in [0.1, 0.15) is 0 Å². The van der Waals surface area contributed by atoms with Crippen LogP contribution >= 0.6 is 0 Å². The van der Waals surface area contributed by atoms with Crippen LogP contribution in [-0.2, 0) is 6.54 Å². The molecule has 82 valence electrons. The average Bonchev–Trinajstić information content (AvgIpc) is 2.20. The molecule has 0 fully saturated rings. The SMILES string of the molecule is C=CCN(Cc1ccccc1N)C(C)C. The fourth-order valence-corrected chi connectivity index (χ4v) is 1.52. The van der Waals surface area contributed by atoms with E-state index >= 15 is 0 Å². The summed E-state index contributed by atoms with van der Waals surface area (Å²) in [5.74, 6) is 0. The number of benzene rings is 1. The maximum atomic E-state index is 5.91. The van der Waals surface area contributed by atoms with E-state index in [9.17, 15) is 0 Å². The Bertz CT molecular complexity index is 318. The summed E-state index contributed by atoms with van der Waals surface area (Å²) >= 11 is 0. The van der Waals surface area contributed by atoms with Crippen molar-refractivity contribution in [3.8, 4) is 0 Å². The summed E-state index contributed by atoms with van der Waals surface area (Å²) in [7, 11) is 0. The van der Waals surface area contributed by atoms with Gasteiger partial charge in [0.25, 0.3) is 0 Å². The zero-order valence-electron chi connectivity index (χ0n) is 9.61. The van der Waals surface area contributed by atoms with E-state index in [-0.39, 0.29) is 0 Å². The van der Waals surface area contributed by atoms with Gasteiger partial charge in [-0.1, -0.05) is 24.3 Å². The number of hydrogen-bond acceptors (Lipinski definition) is 2. The maximum absolute atomic E-state index is 5.91. The van der Waals surface area contributed by atoms with E-state index in [2.05, 4.69) is 31.4 Å². The van der Waals surface area contributed by atoms with E-state index in [0.717, 1.165) is 18.8 Å². The van der Waals surface area contributed by atoms with E-state index < -0.39 is 0 Å². The van der Waals surface area contributed by atoms with Crippen LogP contribution in [0.5, 0.6) is 0 Å². The quantitative estimate of drug-likeness (QED) is 0.590. The Morgan fingerprint density at radius 2 is 2.07 bits per heavy atom. The molecule has 0 saturated heterocycles. The molecule has 15 heavy (non-hydrogen) atoms. The van der Waals surface area contributed by atoms with Crippen molar-refractivity contribution in [1.29, 1.82) is 0 Å². The molecule has 1 rings (SSSR count). The molecule has 0 aliphatic heterocycles. The van der Waals surface area contributed by atoms with Crippen LogP contribution in [-0.4, -0.2) is 17.5 Å². The van der Waals surface area contributed by atoms with E-state index in [1.54, 1.807) is 0 Å². The highest BCUT2D eigenvalue weighted by atomic mass is 15.1. The smallest absolute Gasteiger partial charge is 0.0359 e. The first kappa shape index (κ1) is 11.8. The molecule has 1 aromatic rings. The lowest BCUT2D eigenvalue weighted by atomic mass is 10.1. The standard InChI is InChI=1S/C13H20N2/c1-4-9-15(11(2)3)10-12-7-5-6-8-13(12)14/h4-8,11H,1,9-10,14H2,2-3H3. The molecule has 2 N–H and O–H groups in total. The second-order valence-electron chi connectivity index (χ2n) is 4.01. The largest absolute Gasteiger partial charge is 0.398 e. The van der Waals surface area contributed by atoms with Crippen molar-refractivity contribution in [3.05, 3.63) is 42.5 Å². The van der Waals surface area contributed by atoms with Crippen LogP contribution in [0.25, 0.3) is 0 Å². The average molecular weight is 204 g/mol. The summed E-state index contributed by atoms with van der Waals surface area (Å²) in [6, 6.07) is 8.52. The van der Waals surface area contributed by atoms with Gasteiger partial charge in [0, 0.05) is 24.8 Å². The Balaban J connectivity index is 2.73. The maximum Gasteiger partial charge on any atom is 0.0359 e. The van der Waals surface area contributed by atoms with Crippen molar-refractivity contribution in [2.75, 3.05) is 12.3 Å². The Hall–Kier alpha value is -1.28. The zero-order valence-corrected chi connectivity index (χ0v) is 9.61. The summed E-state index contributed by atoms with van der Waals surface area (Å²) in [6.07, 6.45) is 1.93. The Labute approximate surface area is 92.4 Å². The number of para-hydroxylation sites is 1. The number of hydrogen-bond donors (Lipinski definition) is 1. The Morgan fingerprint density at radius 3 is 2.60 bits per heavy atom. The molecule has 0 unspecified atom stereocenters. The van der Waals surface area contributed by atoms with Gasteiger partial charge < -0.3 is 5.73 Å². The van der Waals surface area contributed by atoms with Crippen LogP contribution in [0.3, 0.4) is 0 Å². The molecule has 0 radical (unpaired) electrons. The molecule has 2 nitrogen and oxygen atoms in total. The second kappa shape index (κ2) is 5.56. The summed E-state index contributed by atoms with van der Waals surface area (Å²) in [5.41, 5.74) is 7.97. The van der Waals surface area contributed by atoms with Crippen molar-refractivity contribution in [1.82, 2.24) is 4.90 Å². The summed E-state index contributed by atoms with van der Waals surface area (Å²) < 4.78 is 0. The molecular formula is C13H20N2. The first-order chi connectivity index (χ1) is 7.15. The number of nitrogens with two attached hydrogens (primary N) is 1. The Kier molecular flexibility index (Phi) is 4.37. The minimum Gasteiger partial charge on any atom is -0.398 e. The highest BCUT2D eigenvalue weighted by Crippen LogP contribution is 2.14. The summed E-state index contributed by atoms with van der Waals surface area (Å²) in [4.78, 5) is 2.33. The lowest BCUT2D eigenvalue weighted by molar-refractivity contribution is 0.238. The van der Waals surface area contributed by atoms with Crippen molar-refractivity contribution in [3.63, 3.8) is 0 Å². The second-order valence-corrected chi connectivity index (χ2v) is 4.01. The molecule has 0 atom stereocenters. The predicted molar refractivity (Wildman–Crippen MR) is 66.6 cm³/mol. The number of rotatable bonds is 5. The van der Waals surface area contributed by atoms with Crippen molar-refractivity contribution in [2.45, 2.75) is 26.4 Å². The van der Waals surface area contributed by atoms with Gasteiger partial charge in [-0.3, -0.25) is 4.90 Å². The molecule has 0 bridgehead atoms. The molecule has 0 aromatic heterocycles. The van der Waals surface area contributed by atoms with Crippen LogP contribution in [0.4, 0.5) is 5.69 Å². The van der Waals surface area contributed by atoms with Gasteiger partial charge in [-0.2, -0.15) is 0 Å². The molecule has 0 aliphatic rings. The van der Waals surface area contributed by atoms with Crippen LogP contribution in [0, 0.1) is 0 Å². The van der Waals surface area contributed by atoms with E-state index in [4.69, 9.17) is 5.73 Å². The Morgan fingerprint density at radius 1 is 1.40 bits per heavy atom. The topological polar surface area (TPSA) is 29.3 Å². The fraction of sp³-hybridized carbons (Fsp3) is 0.385. The molecule has 1 aromatic carbocycles. The van der Waals surface area contributed by atoms with Crippen LogP contribution < -0.4 is 5.73 Å². The predicted octanol–water partition coefficient (Wildman–Crippen LogP) is 2.67. The third-order valence-corrected chi connectivity index (χ3v) is 2.52. The van der Waals surface area contributed by atoms with Gasteiger partial charge in [-0.15, -0.1) is 6.58 Å². The fourth-order valence-electron chi connectivity index (χ4n) is 1.52. The lowest BCUT2D eigenvalue weighted by Gasteiger charge is -2.25. The first-order valence-corrected chi connectivity index (χ1v) is 5.33. The van der Waals surface area contributed by atoms with Gasteiger partial charge in [0.2, 0.25) is 0 Å². The molecule has 0 saturated carbocycles. The van der Waals surface area contributed by atoms with Crippen LogP contribution in [0.2, 0.25) is 0 Å². The minimum absolute atomic E-state index is 0.502. The van der Waals surface area contributed by atoms with Crippen LogP contribution in [0.1, 0.15) is 19.4 Å². The third-order valence-electron chi connectivity index (χ3n) is 2.52. The van der Waals surface area contributed by atoms with Crippen molar-refractivity contribution < 1.29 is 0 Å². The van der Waals surface area contributed by atoms with Crippen LogP contribution in [0.15, 0.2) is 36.9 Å². The van der Waals surface area contributed by atoms with Gasteiger partial charge >= 0.3 is 0 Å². The monoisotopic (exact) mass is 204 g/mol. The molecule has 0 spiro atoms. The normalized spacial score (nSPS) is 10.9. The zero-order chi connectivity index (χ0) is 11.3. The molecule has 2 heteroatoms. The number of anilines is 1. The van der Waals surface area contributed by atoms with Crippen molar-refractivity contribution >= 4 is 5.69 Å². The lowest BCUT2D eigenvalue weighted by Crippen LogP contribution is -2.30. The van der Waals surface area contributed by atoms with E-state index in [0.29, 0.717) is 6.04 Å². The minimum atomic E-state index is 0.502. The van der Waals surface area contributed by atoms with E-state index in [1.165, 1.54) is 5.56 Å². The molecule has 0 heterocycles. The summed E-state index contributed by atoms with van der Waals surface area (Å²) in [6.45, 7) is 9.92. The van der Waals surface area contributed by atoms with Gasteiger partial charge in [-0.25, -0.2) is 0 Å². The van der Waals surface area contributed by atoms with Gasteiger partial charge in [-0.05, 0) is 25.5 Å². The highest BCUT2D eigenvalue weighted by molar-refractivity contribution is 5.46. The third kappa shape index (κ3) is 3.40. The van der Waals surface area contributed by atoms with Crippen molar-refractivity contribution in [2.24, 2.45) is 0 Å². The first-order valence-electron chi connectivity index (χ1n) is 5.33. The van der Waals surface area contributed by atoms with Gasteiger partial charge in [0.15, 0.2) is 0 Å². The number of nitrogen functional groups attached to an aromatic ring is 1. The molecular weight excluding hydrogens is 184 g/mol. The molecule has 0 aliphatic carbocycles. The molecule has 0 amide bonds. The summed E-state index contributed by atoms with van der Waals surface area (Å²) in [5, 5.41) is 0. The highest BCUT2D eigenvalue weighted by Gasteiger charge is 2.09. The van der Waals surface area contributed by atoms with Gasteiger partial charge in [0.05, 0.1) is 0 Å². The van der Waals surface area contributed by atoms with E-state index in [1.807, 2.05) is 24.3 Å². The number of nitrogens with zero attached hydrogens (tertiary/aromatic N) is 1.